The predicted molar refractivity (Wildman–Crippen MR) is 94.1 cm³/mol. The fraction of sp³-hybridized carbons (Fsp3) is 0.632. The first kappa shape index (κ1) is 17.0. The Kier molecular flexibility index (Phi) is 6.44. The van der Waals surface area contributed by atoms with Crippen molar-refractivity contribution in [2.75, 3.05) is 20.2 Å². The number of benzene rings is 1. The highest BCUT2D eigenvalue weighted by atomic mass is 16.5. The lowest BCUT2D eigenvalue weighted by molar-refractivity contribution is 0.147. The van der Waals surface area contributed by atoms with Gasteiger partial charge >= 0.3 is 0 Å². The van der Waals surface area contributed by atoms with Crippen molar-refractivity contribution in [1.29, 1.82) is 0 Å². The smallest absolute Gasteiger partial charge is 0.189 e. The van der Waals surface area contributed by atoms with Gasteiger partial charge in [-0.2, -0.15) is 0 Å². The second-order valence-corrected chi connectivity index (χ2v) is 6.34. The van der Waals surface area contributed by atoms with Crippen LogP contribution < -0.4 is 0 Å². The molecule has 0 radical (unpaired) electrons. The molecule has 0 amide bonds. The second kappa shape index (κ2) is 8.33. The minimum absolute atomic E-state index is 0.580. The van der Waals surface area contributed by atoms with Crippen LogP contribution in [0, 0.1) is 13.8 Å². The molecule has 0 bridgehead atoms. The number of methoxy groups -OCH3 is 1. The van der Waals surface area contributed by atoms with Gasteiger partial charge in [0.05, 0.1) is 12.8 Å². The third-order valence-corrected chi connectivity index (χ3v) is 4.58. The maximum atomic E-state index is 5.62. The van der Waals surface area contributed by atoms with Crippen molar-refractivity contribution in [3.63, 3.8) is 0 Å². The van der Waals surface area contributed by atoms with Gasteiger partial charge in [-0.3, -0.25) is 4.90 Å². The van der Waals surface area contributed by atoms with Crippen LogP contribution in [0.5, 0.6) is 0 Å². The van der Waals surface area contributed by atoms with Crippen LogP contribution in [0.15, 0.2) is 23.2 Å². The third-order valence-electron chi connectivity index (χ3n) is 4.58. The average Bonchev–Trinajstić information content (AvgIpc) is 2.52. The van der Waals surface area contributed by atoms with Crippen LogP contribution >= 0.6 is 0 Å². The number of ether oxygens (including phenoxy) is 1. The molecule has 1 aromatic rings. The van der Waals surface area contributed by atoms with Crippen molar-refractivity contribution < 1.29 is 4.74 Å². The van der Waals surface area contributed by atoms with Crippen LogP contribution in [-0.2, 0) is 4.74 Å². The topological polar surface area (TPSA) is 24.8 Å². The molecule has 1 saturated heterocycles. The fourth-order valence-corrected chi connectivity index (χ4v) is 3.36. The summed E-state index contributed by atoms with van der Waals surface area (Å²) in [5, 5.41) is 0. The van der Waals surface area contributed by atoms with Gasteiger partial charge in [-0.1, -0.05) is 31.5 Å². The van der Waals surface area contributed by atoms with E-state index in [1.54, 1.807) is 7.11 Å². The van der Waals surface area contributed by atoms with Gasteiger partial charge in [0.25, 0.3) is 0 Å². The molecular weight excluding hydrogens is 272 g/mol. The highest BCUT2D eigenvalue weighted by Crippen LogP contribution is 2.26. The molecule has 1 heterocycles. The summed E-state index contributed by atoms with van der Waals surface area (Å²) < 4.78 is 5.62. The quantitative estimate of drug-likeness (QED) is 0.585. The van der Waals surface area contributed by atoms with Gasteiger partial charge in [0, 0.05) is 12.5 Å². The number of hydrogen-bond donors (Lipinski definition) is 0. The van der Waals surface area contributed by atoms with E-state index < -0.39 is 0 Å². The van der Waals surface area contributed by atoms with E-state index in [0.29, 0.717) is 6.04 Å². The van der Waals surface area contributed by atoms with Crippen molar-refractivity contribution in [3.05, 3.63) is 29.3 Å². The van der Waals surface area contributed by atoms with Crippen molar-refractivity contribution in [2.45, 2.75) is 58.9 Å². The fourth-order valence-electron chi connectivity index (χ4n) is 3.36. The highest BCUT2D eigenvalue weighted by molar-refractivity contribution is 5.80. The van der Waals surface area contributed by atoms with Crippen LogP contribution in [0.4, 0.5) is 5.69 Å². The molecule has 0 aromatic heterocycles. The summed E-state index contributed by atoms with van der Waals surface area (Å²) in [6, 6.07) is 6.89. The van der Waals surface area contributed by atoms with Crippen LogP contribution in [0.1, 0.15) is 50.2 Å². The molecule has 0 saturated carbocycles. The van der Waals surface area contributed by atoms with Gasteiger partial charge < -0.3 is 4.74 Å². The first-order valence-electron chi connectivity index (χ1n) is 8.57. The first-order valence-corrected chi connectivity index (χ1v) is 8.57. The molecule has 1 unspecified atom stereocenters. The first-order chi connectivity index (χ1) is 10.7. The van der Waals surface area contributed by atoms with Crippen LogP contribution in [0.3, 0.4) is 0 Å². The lowest BCUT2D eigenvalue weighted by Crippen LogP contribution is -2.41. The molecule has 3 nitrogen and oxygen atoms in total. The Labute approximate surface area is 135 Å². The predicted octanol–water partition coefficient (Wildman–Crippen LogP) is 4.63. The molecule has 1 atom stereocenters. The molecule has 0 aliphatic carbocycles. The van der Waals surface area contributed by atoms with Gasteiger partial charge in [0.1, 0.15) is 0 Å². The van der Waals surface area contributed by atoms with E-state index >= 15 is 0 Å². The zero-order chi connectivity index (χ0) is 15.9. The van der Waals surface area contributed by atoms with Gasteiger partial charge in [0.2, 0.25) is 0 Å². The molecular formula is C19H30N2O. The summed E-state index contributed by atoms with van der Waals surface area (Å²) in [5.41, 5.74) is 3.49. The third kappa shape index (κ3) is 4.33. The van der Waals surface area contributed by atoms with E-state index in [9.17, 15) is 0 Å². The highest BCUT2D eigenvalue weighted by Gasteiger charge is 2.23. The van der Waals surface area contributed by atoms with Gasteiger partial charge in [-0.15, -0.1) is 0 Å². The number of piperidine rings is 1. The molecule has 2 rings (SSSR count). The number of hydrogen-bond acceptors (Lipinski definition) is 3. The normalized spacial score (nSPS) is 20.2. The largest absolute Gasteiger partial charge is 0.484 e. The number of nitrogens with zero attached hydrogens (tertiary/aromatic N) is 2. The van der Waals surface area contributed by atoms with Gasteiger partial charge in [0.15, 0.2) is 5.90 Å². The molecule has 0 spiro atoms. The molecule has 0 N–H and O–H groups in total. The number of para-hydroxylation sites is 1. The van der Waals surface area contributed by atoms with E-state index in [4.69, 9.17) is 9.73 Å². The van der Waals surface area contributed by atoms with Crippen LogP contribution in [0.2, 0.25) is 0 Å². The average molecular weight is 302 g/mol. The monoisotopic (exact) mass is 302 g/mol. The van der Waals surface area contributed by atoms with Gasteiger partial charge in [-0.05, 0) is 57.3 Å². The second-order valence-electron chi connectivity index (χ2n) is 6.34. The molecule has 22 heavy (non-hydrogen) atoms. The molecule has 3 heteroatoms. The van der Waals surface area contributed by atoms with E-state index in [0.717, 1.165) is 18.0 Å². The van der Waals surface area contributed by atoms with Crippen LogP contribution in [-0.4, -0.2) is 37.0 Å². The maximum Gasteiger partial charge on any atom is 0.189 e. The number of aryl methyl sites for hydroxylation is 2. The standard InChI is InChI=1S/C19H30N2O/c1-5-12-21-13-7-6-11-17(21)14-18(22-4)20-19-15(2)9-8-10-16(19)3/h8-10,17H,5-7,11-14H2,1-4H3/b20-18-. The summed E-state index contributed by atoms with van der Waals surface area (Å²) in [6.45, 7) is 8.89. The Morgan fingerprint density at radius 3 is 2.64 bits per heavy atom. The lowest BCUT2D eigenvalue weighted by atomic mass is 9.99. The molecule has 1 aromatic carbocycles. The lowest BCUT2D eigenvalue weighted by Gasteiger charge is -2.35. The Morgan fingerprint density at radius 2 is 2.00 bits per heavy atom. The molecule has 1 aliphatic rings. The zero-order valence-electron chi connectivity index (χ0n) is 14.6. The summed E-state index contributed by atoms with van der Waals surface area (Å²) in [5.74, 6) is 0.866. The minimum atomic E-state index is 0.580. The summed E-state index contributed by atoms with van der Waals surface area (Å²) >= 11 is 0. The van der Waals surface area contributed by atoms with Crippen molar-refractivity contribution in [3.8, 4) is 0 Å². The Balaban J connectivity index is 2.15. The minimum Gasteiger partial charge on any atom is -0.484 e. The number of aliphatic imine (C=N–C) groups is 1. The van der Waals surface area contributed by atoms with Crippen molar-refractivity contribution in [2.24, 2.45) is 4.99 Å². The Morgan fingerprint density at radius 1 is 1.27 bits per heavy atom. The van der Waals surface area contributed by atoms with E-state index in [1.807, 2.05) is 0 Å². The zero-order valence-corrected chi connectivity index (χ0v) is 14.6. The van der Waals surface area contributed by atoms with Crippen LogP contribution in [0.25, 0.3) is 0 Å². The summed E-state index contributed by atoms with van der Waals surface area (Å²) in [7, 11) is 1.75. The van der Waals surface area contributed by atoms with E-state index in [1.165, 1.54) is 49.9 Å². The van der Waals surface area contributed by atoms with E-state index in [-0.39, 0.29) is 0 Å². The Bertz CT molecular complexity index is 488. The molecule has 122 valence electrons. The van der Waals surface area contributed by atoms with E-state index in [2.05, 4.69) is 43.9 Å². The SMILES string of the molecule is CCCN1CCCCC1C/C(=N/c1c(C)cccc1C)OC. The van der Waals surface area contributed by atoms with Gasteiger partial charge in [-0.25, -0.2) is 4.99 Å². The number of likely N-dealkylation sites (tertiary alicyclic amines) is 1. The number of rotatable bonds is 5. The van der Waals surface area contributed by atoms with Crippen molar-refractivity contribution in [1.82, 2.24) is 4.90 Å². The molecule has 1 fully saturated rings. The summed E-state index contributed by atoms with van der Waals surface area (Å²) in [4.78, 5) is 7.45. The van der Waals surface area contributed by atoms with Crippen molar-refractivity contribution >= 4 is 11.6 Å². The maximum absolute atomic E-state index is 5.62. The Hall–Kier alpha value is -1.35. The summed E-state index contributed by atoms with van der Waals surface area (Å²) in [6.07, 6.45) is 6.05. The molecule has 1 aliphatic heterocycles.